The molecule has 0 aliphatic heterocycles. The average molecular weight is 280 g/mol. The van der Waals surface area contributed by atoms with E-state index in [-0.39, 0.29) is 0 Å². The Morgan fingerprint density at radius 3 is 2.81 bits per heavy atom. The highest BCUT2D eigenvalue weighted by atomic mass is 15.1. The first kappa shape index (κ1) is 15.0. The summed E-state index contributed by atoms with van der Waals surface area (Å²) in [5, 5.41) is 12.3. The topological polar surface area (TPSA) is 52.0 Å². The van der Waals surface area contributed by atoms with Crippen LogP contribution < -0.4 is 5.32 Å². The molecule has 4 nitrogen and oxygen atoms in total. The largest absolute Gasteiger partial charge is 0.383 e. The van der Waals surface area contributed by atoms with E-state index in [2.05, 4.69) is 52.6 Å². The highest BCUT2D eigenvalue weighted by molar-refractivity contribution is 5.55. The fourth-order valence-electron chi connectivity index (χ4n) is 2.18. The summed E-state index contributed by atoms with van der Waals surface area (Å²) in [6, 6.07) is 14.3. The van der Waals surface area contributed by atoms with E-state index >= 15 is 0 Å². The van der Waals surface area contributed by atoms with Gasteiger partial charge in [-0.3, -0.25) is 4.98 Å². The molecule has 1 aromatic heterocycles. The van der Waals surface area contributed by atoms with E-state index in [0.717, 1.165) is 31.7 Å². The van der Waals surface area contributed by atoms with Crippen molar-refractivity contribution in [1.82, 2.24) is 9.88 Å². The number of aromatic nitrogens is 1. The van der Waals surface area contributed by atoms with E-state index in [9.17, 15) is 0 Å². The van der Waals surface area contributed by atoms with Crippen LogP contribution in [0, 0.1) is 11.3 Å². The summed E-state index contributed by atoms with van der Waals surface area (Å²) in [5.41, 5.74) is 2.78. The van der Waals surface area contributed by atoms with Crippen molar-refractivity contribution in [3.05, 3.63) is 59.9 Å². The molecule has 0 saturated carbocycles. The number of hydrogen-bond acceptors (Lipinski definition) is 4. The maximum Gasteiger partial charge on any atom is 0.101 e. The lowest BCUT2D eigenvalue weighted by Gasteiger charge is -2.17. The Morgan fingerprint density at radius 1 is 1.24 bits per heavy atom. The van der Waals surface area contributed by atoms with Gasteiger partial charge in [-0.2, -0.15) is 5.26 Å². The van der Waals surface area contributed by atoms with Crippen LogP contribution in [0.3, 0.4) is 0 Å². The zero-order valence-electron chi connectivity index (χ0n) is 12.3. The first-order valence-electron chi connectivity index (χ1n) is 7.10. The van der Waals surface area contributed by atoms with Crippen molar-refractivity contribution < 1.29 is 0 Å². The molecule has 0 amide bonds. The van der Waals surface area contributed by atoms with Gasteiger partial charge in [0.25, 0.3) is 0 Å². The van der Waals surface area contributed by atoms with Crippen LogP contribution in [-0.2, 0) is 6.54 Å². The Hall–Kier alpha value is -2.38. The molecule has 0 bridgehead atoms. The minimum absolute atomic E-state index is 0.641. The molecule has 0 atom stereocenters. The second kappa shape index (κ2) is 8.03. The Balaban J connectivity index is 1.71. The minimum Gasteiger partial charge on any atom is -0.383 e. The number of anilines is 1. The Bertz CT molecular complexity index is 589. The third kappa shape index (κ3) is 4.90. The lowest BCUT2D eigenvalue weighted by molar-refractivity contribution is 0.325. The fraction of sp³-hybridized carbons (Fsp3) is 0.294. The lowest BCUT2D eigenvalue weighted by Crippen LogP contribution is -2.21. The summed E-state index contributed by atoms with van der Waals surface area (Å²) >= 11 is 0. The highest BCUT2D eigenvalue weighted by Crippen LogP contribution is 2.11. The molecule has 1 N–H and O–H groups in total. The van der Waals surface area contributed by atoms with Gasteiger partial charge in [0.1, 0.15) is 6.07 Å². The fourth-order valence-corrected chi connectivity index (χ4v) is 2.18. The van der Waals surface area contributed by atoms with E-state index in [4.69, 9.17) is 5.26 Å². The van der Waals surface area contributed by atoms with E-state index in [1.54, 1.807) is 18.5 Å². The summed E-state index contributed by atoms with van der Waals surface area (Å²) in [6.45, 7) is 2.79. The van der Waals surface area contributed by atoms with Crippen molar-refractivity contribution in [1.29, 1.82) is 5.26 Å². The zero-order valence-corrected chi connectivity index (χ0v) is 12.3. The smallest absolute Gasteiger partial charge is 0.101 e. The van der Waals surface area contributed by atoms with E-state index in [1.807, 2.05) is 6.07 Å². The second-order valence-electron chi connectivity index (χ2n) is 5.04. The number of hydrogen-bond donors (Lipinski definition) is 1. The molecule has 0 saturated heterocycles. The summed E-state index contributed by atoms with van der Waals surface area (Å²) < 4.78 is 0. The summed E-state index contributed by atoms with van der Waals surface area (Å²) in [4.78, 5) is 6.34. The lowest BCUT2D eigenvalue weighted by atomic mass is 10.2. The van der Waals surface area contributed by atoms with Gasteiger partial charge >= 0.3 is 0 Å². The standard InChI is InChI=1S/C17H20N4/c1-21(14-15-6-3-2-4-7-15)11-5-9-20-17-13-19-10-8-16(17)12-18/h2-4,6-8,10,13,20H,5,9,11,14H2,1H3. The molecule has 0 unspecified atom stereocenters. The van der Waals surface area contributed by atoms with Crippen molar-refractivity contribution in [3.8, 4) is 6.07 Å². The van der Waals surface area contributed by atoms with Crippen LogP contribution in [0.1, 0.15) is 17.5 Å². The number of rotatable bonds is 7. The van der Waals surface area contributed by atoms with E-state index < -0.39 is 0 Å². The molecule has 0 fully saturated rings. The first-order chi connectivity index (χ1) is 10.3. The van der Waals surface area contributed by atoms with Gasteiger partial charge in [0.05, 0.1) is 17.4 Å². The van der Waals surface area contributed by atoms with Crippen LogP contribution in [0.5, 0.6) is 0 Å². The third-order valence-corrected chi connectivity index (χ3v) is 3.27. The molecule has 1 heterocycles. The molecule has 2 aromatic rings. The zero-order chi connectivity index (χ0) is 14.9. The Labute approximate surface area is 126 Å². The van der Waals surface area contributed by atoms with Gasteiger partial charge < -0.3 is 10.2 Å². The van der Waals surface area contributed by atoms with Gasteiger partial charge in [-0.15, -0.1) is 0 Å². The average Bonchev–Trinajstić information content (AvgIpc) is 2.53. The van der Waals surface area contributed by atoms with Crippen LogP contribution in [0.25, 0.3) is 0 Å². The Kier molecular flexibility index (Phi) is 5.74. The SMILES string of the molecule is CN(CCCNc1cnccc1C#N)Cc1ccccc1. The number of benzene rings is 1. The van der Waals surface area contributed by atoms with Crippen LogP contribution >= 0.6 is 0 Å². The number of nitrogens with one attached hydrogen (secondary N) is 1. The van der Waals surface area contributed by atoms with Crippen molar-refractivity contribution in [2.75, 3.05) is 25.5 Å². The predicted molar refractivity (Wildman–Crippen MR) is 84.8 cm³/mol. The van der Waals surface area contributed by atoms with Crippen molar-refractivity contribution in [2.45, 2.75) is 13.0 Å². The Morgan fingerprint density at radius 2 is 2.05 bits per heavy atom. The summed E-state index contributed by atoms with van der Waals surface area (Å²) in [7, 11) is 2.12. The summed E-state index contributed by atoms with van der Waals surface area (Å²) in [6.07, 6.45) is 4.35. The van der Waals surface area contributed by atoms with Crippen molar-refractivity contribution in [2.24, 2.45) is 0 Å². The van der Waals surface area contributed by atoms with Gasteiger partial charge in [0.15, 0.2) is 0 Å². The maximum atomic E-state index is 9.00. The molecule has 108 valence electrons. The minimum atomic E-state index is 0.641. The molecule has 2 rings (SSSR count). The second-order valence-corrected chi connectivity index (χ2v) is 5.04. The van der Waals surface area contributed by atoms with Crippen LogP contribution in [-0.4, -0.2) is 30.0 Å². The van der Waals surface area contributed by atoms with Crippen LogP contribution in [0.4, 0.5) is 5.69 Å². The van der Waals surface area contributed by atoms with E-state index in [0.29, 0.717) is 5.56 Å². The molecule has 21 heavy (non-hydrogen) atoms. The van der Waals surface area contributed by atoms with Crippen LogP contribution in [0.15, 0.2) is 48.8 Å². The number of pyridine rings is 1. The molecule has 0 aliphatic carbocycles. The molecule has 0 radical (unpaired) electrons. The van der Waals surface area contributed by atoms with Gasteiger partial charge in [-0.25, -0.2) is 0 Å². The normalized spacial score (nSPS) is 10.3. The van der Waals surface area contributed by atoms with Gasteiger partial charge in [0.2, 0.25) is 0 Å². The predicted octanol–water partition coefficient (Wildman–Crippen LogP) is 2.89. The molecule has 1 aromatic carbocycles. The van der Waals surface area contributed by atoms with Crippen molar-refractivity contribution >= 4 is 5.69 Å². The third-order valence-electron chi connectivity index (χ3n) is 3.27. The van der Waals surface area contributed by atoms with Gasteiger partial charge in [-0.1, -0.05) is 30.3 Å². The van der Waals surface area contributed by atoms with Gasteiger partial charge in [-0.05, 0) is 31.6 Å². The molecular weight excluding hydrogens is 260 g/mol. The van der Waals surface area contributed by atoms with E-state index in [1.165, 1.54) is 5.56 Å². The molecule has 4 heteroatoms. The number of nitriles is 1. The quantitative estimate of drug-likeness (QED) is 0.792. The highest BCUT2D eigenvalue weighted by Gasteiger charge is 2.02. The van der Waals surface area contributed by atoms with Crippen LogP contribution in [0.2, 0.25) is 0 Å². The molecular formula is C17H20N4. The number of nitrogens with zero attached hydrogens (tertiary/aromatic N) is 3. The molecule has 0 spiro atoms. The van der Waals surface area contributed by atoms with Crippen molar-refractivity contribution in [3.63, 3.8) is 0 Å². The first-order valence-corrected chi connectivity index (χ1v) is 7.10. The maximum absolute atomic E-state index is 9.00. The molecule has 0 aliphatic rings. The summed E-state index contributed by atoms with van der Waals surface area (Å²) in [5.74, 6) is 0. The van der Waals surface area contributed by atoms with Gasteiger partial charge in [0, 0.05) is 19.3 Å². The monoisotopic (exact) mass is 280 g/mol.